The fourth-order valence-electron chi connectivity index (χ4n) is 1.84. The van der Waals surface area contributed by atoms with Gasteiger partial charge >= 0.3 is 6.03 Å². The van der Waals surface area contributed by atoms with Crippen molar-refractivity contribution in [1.29, 1.82) is 0 Å². The smallest absolute Gasteiger partial charge is 0.307 e. The van der Waals surface area contributed by atoms with Crippen LogP contribution in [0.4, 0.5) is 16.2 Å². The van der Waals surface area contributed by atoms with Crippen LogP contribution in [0, 0.1) is 0 Å². The zero-order chi connectivity index (χ0) is 17.9. The van der Waals surface area contributed by atoms with Crippen LogP contribution < -0.4 is 16.2 Å². The maximum Gasteiger partial charge on any atom is 0.337 e. The van der Waals surface area contributed by atoms with Crippen molar-refractivity contribution >= 4 is 45.9 Å². The molecule has 2 aromatic rings. The summed E-state index contributed by atoms with van der Waals surface area (Å²) in [6.45, 7) is 2.13. The number of nitrogens with zero attached hydrogens (tertiary/aromatic N) is 1. The molecule has 7 heteroatoms. The zero-order valence-corrected chi connectivity index (χ0v) is 15.5. The number of anilines is 1. The number of nitrogens with one attached hydrogen (secondary N) is 3. The Morgan fingerprint density at radius 3 is 2.48 bits per heavy atom. The summed E-state index contributed by atoms with van der Waals surface area (Å²) in [5.41, 5.74) is 6.98. The summed E-state index contributed by atoms with van der Waals surface area (Å²) in [5.74, 6) is 0.915. The molecular formula is C18H21ClN4OS. The second kappa shape index (κ2) is 10.6. The molecule has 0 aliphatic heterocycles. The molecule has 25 heavy (non-hydrogen) atoms. The van der Waals surface area contributed by atoms with Crippen LogP contribution in [0.2, 0.25) is 5.02 Å². The Bertz CT molecular complexity index is 692. The summed E-state index contributed by atoms with van der Waals surface area (Å²) in [5, 5.41) is 4.03. The highest BCUT2D eigenvalue weighted by atomic mass is 35.5. The molecule has 0 aromatic heterocycles. The molecule has 132 valence electrons. The van der Waals surface area contributed by atoms with E-state index in [4.69, 9.17) is 11.6 Å². The fraction of sp³-hybridized carbons (Fsp3) is 0.222. The van der Waals surface area contributed by atoms with Crippen molar-refractivity contribution in [3.8, 4) is 0 Å². The summed E-state index contributed by atoms with van der Waals surface area (Å²) >= 11 is 7.45. The van der Waals surface area contributed by atoms with Gasteiger partial charge in [0.1, 0.15) is 0 Å². The Labute approximate surface area is 157 Å². The Morgan fingerprint density at radius 2 is 1.80 bits per heavy atom. The topological polar surface area (TPSA) is 65.5 Å². The van der Waals surface area contributed by atoms with Gasteiger partial charge in [-0.2, -0.15) is 0 Å². The number of para-hydroxylation sites is 1. The third-order valence-corrected chi connectivity index (χ3v) is 4.32. The number of carbonyl (C=O) groups excluding carboxylic acids is 1. The lowest BCUT2D eigenvalue weighted by Gasteiger charge is -2.12. The zero-order valence-electron chi connectivity index (χ0n) is 14.0. The number of halogens is 1. The number of aliphatic imine (C=N–C) groups is 1. The van der Waals surface area contributed by atoms with Crippen molar-refractivity contribution in [2.24, 2.45) is 4.99 Å². The van der Waals surface area contributed by atoms with Gasteiger partial charge in [0, 0.05) is 16.5 Å². The molecule has 0 radical (unpaired) electrons. The van der Waals surface area contributed by atoms with Crippen LogP contribution in [0.5, 0.6) is 0 Å². The molecule has 3 N–H and O–H groups in total. The van der Waals surface area contributed by atoms with Crippen molar-refractivity contribution in [3.63, 3.8) is 0 Å². The number of hydrazine groups is 1. The predicted molar refractivity (Wildman–Crippen MR) is 108 cm³/mol. The molecule has 0 aliphatic rings. The van der Waals surface area contributed by atoms with Gasteiger partial charge in [0.15, 0.2) is 5.17 Å². The van der Waals surface area contributed by atoms with E-state index in [1.807, 2.05) is 42.5 Å². The number of rotatable bonds is 5. The summed E-state index contributed by atoms with van der Waals surface area (Å²) < 4.78 is 0. The van der Waals surface area contributed by atoms with E-state index in [9.17, 15) is 4.79 Å². The minimum atomic E-state index is -0.355. The summed E-state index contributed by atoms with van der Waals surface area (Å²) in [7, 11) is 0. The first-order chi connectivity index (χ1) is 12.2. The van der Waals surface area contributed by atoms with Gasteiger partial charge in [0.05, 0.1) is 5.69 Å². The highest BCUT2D eigenvalue weighted by Crippen LogP contribution is 2.18. The number of thioether (sulfide) groups is 1. The first-order valence-electron chi connectivity index (χ1n) is 8.02. The summed E-state index contributed by atoms with van der Waals surface area (Å²) in [4.78, 5) is 16.5. The largest absolute Gasteiger partial charge is 0.337 e. The van der Waals surface area contributed by atoms with Crippen LogP contribution in [-0.2, 0) is 0 Å². The first-order valence-corrected chi connectivity index (χ1v) is 9.39. The average molecular weight is 377 g/mol. The molecule has 0 unspecified atom stereocenters. The highest BCUT2D eigenvalue weighted by Gasteiger charge is 2.05. The van der Waals surface area contributed by atoms with E-state index in [0.717, 1.165) is 30.0 Å². The third-order valence-electron chi connectivity index (χ3n) is 3.11. The number of hydrogen-bond acceptors (Lipinski definition) is 3. The minimum Gasteiger partial charge on any atom is -0.307 e. The number of urea groups is 1. The predicted octanol–water partition coefficient (Wildman–Crippen LogP) is 5.19. The summed E-state index contributed by atoms with van der Waals surface area (Å²) in [6, 6.07) is 16.1. The van der Waals surface area contributed by atoms with Crippen molar-refractivity contribution in [2.75, 3.05) is 11.1 Å². The molecule has 0 atom stereocenters. The second-order valence-corrected chi connectivity index (χ2v) is 6.69. The van der Waals surface area contributed by atoms with Crippen LogP contribution in [0.1, 0.15) is 19.8 Å². The van der Waals surface area contributed by atoms with E-state index in [1.54, 1.807) is 23.9 Å². The maximum atomic E-state index is 12.0. The lowest BCUT2D eigenvalue weighted by atomic mass is 10.3. The molecule has 0 fully saturated rings. The van der Waals surface area contributed by atoms with Gasteiger partial charge in [-0.25, -0.2) is 15.2 Å². The maximum absolute atomic E-state index is 12.0. The van der Waals surface area contributed by atoms with Crippen LogP contribution >= 0.6 is 23.4 Å². The SMILES string of the molecule is CCCCSC(=Nc1ccc(Cl)cc1)NNC(=O)Nc1ccccc1. The number of amidine groups is 1. The van der Waals surface area contributed by atoms with Gasteiger partial charge in [-0.05, 0) is 42.8 Å². The van der Waals surface area contributed by atoms with Crippen LogP contribution in [0.15, 0.2) is 59.6 Å². The van der Waals surface area contributed by atoms with Gasteiger partial charge in [-0.3, -0.25) is 5.43 Å². The standard InChI is InChI=1S/C18H21ClN4OS/c1-2-3-13-25-18(21-16-11-9-14(19)10-12-16)23-22-17(24)20-15-7-5-4-6-8-15/h4-12H,2-3,13H2,1H3,(H,21,23)(H2,20,22,24). The summed E-state index contributed by atoms with van der Waals surface area (Å²) in [6.07, 6.45) is 2.17. The molecule has 2 aromatic carbocycles. The van der Waals surface area contributed by atoms with Crippen LogP contribution in [0.25, 0.3) is 0 Å². The van der Waals surface area contributed by atoms with Crippen LogP contribution in [0.3, 0.4) is 0 Å². The van der Waals surface area contributed by atoms with E-state index in [2.05, 4.69) is 28.1 Å². The molecule has 0 saturated heterocycles. The quantitative estimate of drug-likeness (QED) is 0.291. The van der Waals surface area contributed by atoms with Gasteiger partial charge in [-0.15, -0.1) is 0 Å². The Balaban J connectivity index is 1.95. The third kappa shape index (κ3) is 7.49. The van der Waals surface area contributed by atoms with Gasteiger partial charge in [0.25, 0.3) is 0 Å². The van der Waals surface area contributed by atoms with Crippen molar-refractivity contribution in [3.05, 3.63) is 59.6 Å². The van der Waals surface area contributed by atoms with Gasteiger partial charge in [-0.1, -0.05) is 54.9 Å². The Hall–Kier alpha value is -2.18. The average Bonchev–Trinajstić information content (AvgIpc) is 2.62. The second-order valence-electron chi connectivity index (χ2n) is 5.17. The Morgan fingerprint density at radius 1 is 1.08 bits per heavy atom. The minimum absolute atomic E-state index is 0.355. The number of hydrogen-bond donors (Lipinski definition) is 3. The van der Waals surface area contributed by atoms with E-state index in [-0.39, 0.29) is 6.03 Å². The fourth-order valence-corrected chi connectivity index (χ4v) is 2.88. The van der Waals surface area contributed by atoms with Crippen molar-refractivity contribution < 1.29 is 4.79 Å². The molecule has 0 aliphatic carbocycles. The molecular weight excluding hydrogens is 356 g/mol. The number of unbranched alkanes of at least 4 members (excludes halogenated alkanes) is 1. The van der Waals surface area contributed by atoms with Gasteiger partial charge < -0.3 is 5.32 Å². The monoisotopic (exact) mass is 376 g/mol. The van der Waals surface area contributed by atoms with Crippen molar-refractivity contribution in [2.45, 2.75) is 19.8 Å². The lowest BCUT2D eigenvalue weighted by Crippen LogP contribution is -2.43. The molecule has 2 amide bonds. The molecule has 0 bridgehead atoms. The number of amides is 2. The highest BCUT2D eigenvalue weighted by molar-refractivity contribution is 8.13. The normalized spacial score (nSPS) is 11.0. The van der Waals surface area contributed by atoms with Crippen LogP contribution in [-0.4, -0.2) is 17.0 Å². The van der Waals surface area contributed by atoms with Gasteiger partial charge in [0.2, 0.25) is 0 Å². The molecule has 0 saturated carbocycles. The van der Waals surface area contributed by atoms with E-state index in [1.165, 1.54) is 0 Å². The number of carbonyl (C=O) groups is 1. The van der Waals surface area contributed by atoms with Crippen molar-refractivity contribution in [1.82, 2.24) is 10.9 Å². The van der Waals surface area contributed by atoms with E-state index < -0.39 is 0 Å². The molecule has 0 heterocycles. The van der Waals surface area contributed by atoms with E-state index in [0.29, 0.717) is 10.2 Å². The molecule has 2 rings (SSSR count). The first kappa shape index (κ1) is 19.1. The lowest BCUT2D eigenvalue weighted by molar-refractivity contribution is 0.250. The van der Waals surface area contributed by atoms with E-state index >= 15 is 0 Å². The number of benzene rings is 2. The molecule has 0 spiro atoms. The molecule has 5 nitrogen and oxygen atoms in total. The Kier molecular flexibility index (Phi) is 8.15.